The van der Waals surface area contributed by atoms with Gasteiger partial charge in [0.25, 0.3) is 5.91 Å². The van der Waals surface area contributed by atoms with Crippen LogP contribution in [0.4, 0.5) is 11.4 Å². The number of hydrogen-bond donors (Lipinski definition) is 2. The lowest BCUT2D eigenvalue weighted by Gasteiger charge is -2.34. The third-order valence-corrected chi connectivity index (χ3v) is 4.72. The number of ether oxygens (including phenoxy) is 1. The standard InChI is InChI=1S/C21H27N3O2/c1-3-26-20-7-5-4-6-19(20)24-14-12-23(13-15-24)16-21(25)22-18-10-8-17(2)9-11-18/h4-11H,3,12-16H2,1-2H3,(H,22,25)/p+1. The number of para-hydroxylation sites is 2. The lowest BCUT2D eigenvalue weighted by molar-refractivity contribution is -0.892. The van der Waals surface area contributed by atoms with Gasteiger partial charge in [-0.2, -0.15) is 0 Å². The maximum Gasteiger partial charge on any atom is 0.279 e. The first-order chi connectivity index (χ1) is 12.7. The molecule has 0 bridgehead atoms. The molecule has 0 aromatic heterocycles. The molecule has 1 fully saturated rings. The van der Waals surface area contributed by atoms with Gasteiger partial charge in [-0.25, -0.2) is 0 Å². The van der Waals surface area contributed by atoms with Crippen LogP contribution in [0.1, 0.15) is 12.5 Å². The van der Waals surface area contributed by atoms with Crippen molar-refractivity contribution in [2.24, 2.45) is 0 Å². The average molecular weight is 354 g/mol. The van der Waals surface area contributed by atoms with Crippen LogP contribution in [0, 0.1) is 6.92 Å². The highest BCUT2D eigenvalue weighted by molar-refractivity contribution is 5.91. The predicted molar refractivity (Wildman–Crippen MR) is 105 cm³/mol. The number of aryl methyl sites for hydroxylation is 1. The molecule has 26 heavy (non-hydrogen) atoms. The number of carbonyl (C=O) groups excluding carboxylic acids is 1. The van der Waals surface area contributed by atoms with Gasteiger partial charge in [-0.1, -0.05) is 29.8 Å². The van der Waals surface area contributed by atoms with Crippen LogP contribution in [0.25, 0.3) is 0 Å². The molecule has 0 atom stereocenters. The number of amides is 1. The second-order valence-corrected chi connectivity index (χ2v) is 6.73. The summed E-state index contributed by atoms with van der Waals surface area (Å²) in [7, 11) is 0. The monoisotopic (exact) mass is 354 g/mol. The van der Waals surface area contributed by atoms with Crippen LogP contribution in [0.5, 0.6) is 5.75 Å². The predicted octanol–water partition coefficient (Wildman–Crippen LogP) is 1.74. The Hall–Kier alpha value is -2.53. The lowest BCUT2D eigenvalue weighted by atomic mass is 10.2. The van der Waals surface area contributed by atoms with E-state index < -0.39 is 0 Å². The van der Waals surface area contributed by atoms with Crippen LogP contribution in [0.15, 0.2) is 48.5 Å². The normalized spacial score (nSPS) is 14.9. The number of rotatable bonds is 6. The van der Waals surface area contributed by atoms with Gasteiger partial charge in [0.2, 0.25) is 0 Å². The number of piperazine rings is 1. The van der Waals surface area contributed by atoms with Gasteiger partial charge >= 0.3 is 0 Å². The van der Waals surface area contributed by atoms with Crippen LogP contribution in [0.2, 0.25) is 0 Å². The van der Waals surface area contributed by atoms with Gasteiger partial charge in [-0.05, 0) is 38.1 Å². The smallest absolute Gasteiger partial charge is 0.279 e. The molecular weight excluding hydrogens is 326 g/mol. The van der Waals surface area contributed by atoms with Crippen LogP contribution < -0.4 is 19.9 Å². The van der Waals surface area contributed by atoms with E-state index in [1.165, 1.54) is 10.5 Å². The molecule has 5 nitrogen and oxygen atoms in total. The SMILES string of the molecule is CCOc1ccccc1N1CC[NH+](CC(=O)Nc2ccc(C)cc2)CC1. The summed E-state index contributed by atoms with van der Waals surface area (Å²) < 4.78 is 5.74. The molecule has 0 radical (unpaired) electrons. The quantitative estimate of drug-likeness (QED) is 0.831. The summed E-state index contributed by atoms with van der Waals surface area (Å²) in [6.07, 6.45) is 0. The first-order valence-electron chi connectivity index (χ1n) is 9.32. The number of benzene rings is 2. The van der Waals surface area contributed by atoms with E-state index in [1.807, 2.05) is 56.3 Å². The van der Waals surface area contributed by atoms with Crippen molar-refractivity contribution in [3.63, 3.8) is 0 Å². The number of nitrogens with one attached hydrogen (secondary N) is 2. The Kier molecular flexibility index (Phi) is 6.12. The zero-order valence-electron chi connectivity index (χ0n) is 15.6. The maximum atomic E-state index is 12.3. The van der Waals surface area contributed by atoms with E-state index in [0.717, 1.165) is 43.3 Å². The molecule has 2 N–H and O–H groups in total. The molecule has 1 saturated heterocycles. The minimum atomic E-state index is 0.0759. The van der Waals surface area contributed by atoms with Crippen molar-refractivity contribution in [3.8, 4) is 5.75 Å². The largest absolute Gasteiger partial charge is 0.492 e. The van der Waals surface area contributed by atoms with E-state index in [2.05, 4.69) is 16.3 Å². The summed E-state index contributed by atoms with van der Waals surface area (Å²) in [6.45, 7) is 8.97. The van der Waals surface area contributed by atoms with Gasteiger partial charge < -0.3 is 19.9 Å². The third-order valence-electron chi connectivity index (χ3n) is 4.72. The summed E-state index contributed by atoms with van der Waals surface area (Å²) in [6, 6.07) is 16.1. The molecule has 1 amide bonds. The fourth-order valence-electron chi connectivity index (χ4n) is 3.31. The van der Waals surface area contributed by atoms with Crippen molar-refractivity contribution in [2.45, 2.75) is 13.8 Å². The Morgan fingerprint density at radius 3 is 2.50 bits per heavy atom. The molecule has 3 rings (SSSR count). The molecule has 1 aliphatic heterocycles. The zero-order chi connectivity index (χ0) is 18.4. The highest BCUT2D eigenvalue weighted by Gasteiger charge is 2.23. The second-order valence-electron chi connectivity index (χ2n) is 6.73. The molecule has 2 aromatic carbocycles. The van der Waals surface area contributed by atoms with Gasteiger partial charge in [-0.3, -0.25) is 4.79 Å². The maximum absolute atomic E-state index is 12.3. The fraction of sp³-hybridized carbons (Fsp3) is 0.381. The minimum absolute atomic E-state index is 0.0759. The van der Waals surface area contributed by atoms with E-state index in [-0.39, 0.29) is 5.91 Å². The molecule has 1 heterocycles. The van der Waals surface area contributed by atoms with Crippen LogP contribution >= 0.6 is 0 Å². The van der Waals surface area contributed by atoms with E-state index in [0.29, 0.717) is 13.2 Å². The number of carbonyl (C=O) groups is 1. The number of hydrogen-bond acceptors (Lipinski definition) is 3. The average Bonchev–Trinajstić information content (AvgIpc) is 2.65. The van der Waals surface area contributed by atoms with Crippen molar-refractivity contribution >= 4 is 17.3 Å². The van der Waals surface area contributed by atoms with Crippen LogP contribution in [-0.2, 0) is 4.79 Å². The van der Waals surface area contributed by atoms with Crippen LogP contribution in [-0.4, -0.2) is 45.2 Å². The van der Waals surface area contributed by atoms with Gasteiger partial charge in [0.05, 0.1) is 38.5 Å². The number of anilines is 2. The molecular formula is C21H28N3O2+. The molecule has 2 aromatic rings. The van der Waals surface area contributed by atoms with Gasteiger partial charge in [-0.15, -0.1) is 0 Å². The van der Waals surface area contributed by atoms with Crippen LogP contribution in [0.3, 0.4) is 0 Å². The third kappa shape index (κ3) is 4.76. The highest BCUT2D eigenvalue weighted by atomic mass is 16.5. The summed E-state index contributed by atoms with van der Waals surface area (Å²) in [5, 5.41) is 2.99. The van der Waals surface area contributed by atoms with Crippen molar-refractivity contribution in [1.82, 2.24) is 0 Å². The molecule has 0 aliphatic carbocycles. The van der Waals surface area contributed by atoms with E-state index in [1.54, 1.807) is 0 Å². The Morgan fingerprint density at radius 1 is 1.12 bits per heavy atom. The Labute approximate surface area is 155 Å². The number of nitrogens with zero attached hydrogens (tertiary/aromatic N) is 1. The van der Waals surface area contributed by atoms with E-state index in [4.69, 9.17) is 4.74 Å². The fourth-order valence-corrected chi connectivity index (χ4v) is 3.31. The minimum Gasteiger partial charge on any atom is -0.492 e. The molecule has 1 aliphatic rings. The summed E-state index contributed by atoms with van der Waals surface area (Å²) >= 11 is 0. The Morgan fingerprint density at radius 2 is 1.81 bits per heavy atom. The Bertz CT molecular complexity index is 722. The second kappa shape index (κ2) is 8.72. The summed E-state index contributed by atoms with van der Waals surface area (Å²) in [5.41, 5.74) is 3.21. The van der Waals surface area contributed by atoms with Crippen molar-refractivity contribution in [3.05, 3.63) is 54.1 Å². The van der Waals surface area contributed by atoms with Crippen molar-refractivity contribution < 1.29 is 14.4 Å². The molecule has 5 heteroatoms. The van der Waals surface area contributed by atoms with Gasteiger partial charge in [0.15, 0.2) is 6.54 Å². The van der Waals surface area contributed by atoms with Crippen molar-refractivity contribution in [2.75, 3.05) is 49.5 Å². The molecule has 138 valence electrons. The summed E-state index contributed by atoms with van der Waals surface area (Å²) in [5.74, 6) is 1.02. The van der Waals surface area contributed by atoms with Gasteiger partial charge in [0, 0.05) is 5.69 Å². The molecule has 0 saturated carbocycles. The zero-order valence-corrected chi connectivity index (χ0v) is 15.6. The van der Waals surface area contributed by atoms with E-state index >= 15 is 0 Å². The number of quaternary nitrogens is 1. The topological polar surface area (TPSA) is 46.0 Å². The Balaban J connectivity index is 1.51. The van der Waals surface area contributed by atoms with Gasteiger partial charge in [0.1, 0.15) is 5.75 Å². The first kappa shape index (κ1) is 18.3. The van der Waals surface area contributed by atoms with E-state index in [9.17, 15) is 4.79 Å². The highest BCUT2D eigenvalue weighted by Crippen LogP contribution is 2.27. The lowest BCUT2D eigenvalue weighted by Crippen LogP contribution is -3.15. The molecule has 0 spiro atoms. The first-order valence-corrected chi connectivity index (χ1v) is 9.32. The summed E-state index contributed by atoms with van der Waals surface area (Å²) in [4.78, 5) is 16.0. The van der Waals surface area contributed by atoms with Crippen molar-refractivity contribution in [1.29, 1.82) is 0 Å². The molecule has 0 unspecified atom stereocenters.